The maximum Gasteiger partial charge on any atom is 0.472 e. The standard InChI is InChI=1S/C42H80NO8P/c1-3-5-7-9-11-13-14-15-16-17-18-19-20-21-22-23-24-25-26-27-29-31-33-35-42(45)51-40(39-50-52(46,47)49-37-36-43)38-48-41(44)34-32-30-28-12-10-8-6-4-2/h14-15,17-18,40H,3-13,16,19-39,43H2,1-2H3,(H,46,47)/b15-14-,18-17-. The number of hydrogen-bond acceptors (Lipinski definition) is 8. The molecule has 2 unspecified atom stereocenters. The van der Waals surface area contributed by atoms with Crippen LogP contribution in [-0.2, 0) is 32.7 Å². The maximum absolute atomic E-state index is 12.5. The quantitative estimate of drug-likeness (QED) is 0.0271. The summed E-state index contributed by atoms with van der Waals surface area (Å²) in [6.07, 6.45) is 40.8. The van der Waals surface area contributed by atoms with Gasteiger partial charge in [-0.25, -0.2) is 4.57 Å². The SMILES string of the molecule is CCCCCCC/C=C\C/C=C\CCCCCCCCCCCCCC(=O)OC(COC(=O)CCCCCCCCCC)COP(=O)(O)OCCN. The first-order valence-electron chi connectivity index (χ1n) is 21.3. The van der Waals surface area contributed by atoms with Crippen LogP contribution in [-0.4, -0.2) is 49.3 Å². The van der Waals surface area contributed by atoms with Crippen molar-refractivity contribution in [3.05, 3.63) is 24.3 Å². The zero-order valence-corrected chi connectivity index (χ0v) is 34.4. The summed E-state index contributed by atoms with van der Waals surface area (Å²) in [5, 5.41) is 0. The van der Waals surface area contributed by atoms with Crippen molar-refractivity contribution in [3.8, 4) is 0 Å². The molecule has 306 valence electrons. The third-order valence-corrected chi connectivity index (χ3v) is 10.1. The summed E-state index contributed by atoms with van der Waals surface area (Å²) in [7, 11) is -4.37. The molecule has 52 heavy (non-hydrogen) atoms. The Hall–Kier alpha value is -1.51. The Morgan fingerprint density at radius 2 is 1.00 bits per heavy atom. The molecular formula is C42H80NO8P. The molecule has 0 radical (unpaired) electrons. The topological polar surface area (TPSA) is 134 Å². The lowest BCUT2D eigenvalue weighted by molar-refractivity contribution is -0.161. The van der Waals surface area contributed by atoms with Gasteiger partial charge in [0.15, 0.2) is 6.10 Å². The van der Waals surface area contributed by atoms with E-state index >= 15 is 0 Å². The van der Waals surface area contributed by atoms with Crippen molar-refractivity contribution >= 4 is 19.8 Å². The molecule has 0 rings (SSSR count). The van der Waals surface area contributed by atoms with Crippen LogP contribution in [0.15, 0.2) is 24.3 Å². The van der Waals surface area contributed by atoms with Gasteiger partial charge < -0.3 is 20.1 Å². The molecule has 0 saturated heterocycles. The molecule has 0 bridgehead atoms. The monoisotopic (exact) mass is 758 g/mol. The van der Waals surface area contributed by atoms with Crippen LogP contribution in [0.4, 0.5) is 0 Å². The number of phosphoric ester groups is 1. The second kappa shape index (κ2) is 39.2. The molecule has 10 heteroatoms. The van der Waals surface area contributed by atoms with Gasteiger partial charge in [0.25, 0.3) is 0 Å². The molecule has 0 amide bonds. The molecule has 9 nitrogen and oxygen atoms in total. The van der Waals surface area contributed by atoms with E-state index in [-0.39, 0.29) is 38.6 Å². The first-order chi connectivity index (χ1) is 25.3. The zero-order chi connectivity index (χ0) is 38.2. The molecular weight excluding hydrogens is 677 g/mol. The van der Waals surface area contributed by atoms with Gasteiger partial charge in [-0.3, -0.25) is 18.6 Å². The Labute approximate surface area is 319 Å². The van der Waals surface area contributed by atoms with Gasteiger partial charge in [0.1, 0.15) is 6.61 Å². The lowest BCUT2D eigenvalue weighted by Crippen LogP contribution is -2.29. The van der Waals surface area contributed by atoms with Crippen LogP contribution in [0, 0.1) is 0 Å². The fraction of sp³-hybridized carbons (Fsp3) is 0.857. The van der Waals surface area contributed by atoms with Gasteiger partial charge in [-0.2, -0.15) is 0 Å². The number of rotatable bonds is 40. The third kappa shape index (κ3) is 38.2. The molecule has 0 aliphatic heterocycles. The smallest absolute Gasteiger partial charge is 0.462 e. The van der Waals surface area contributed by atoms with Crippen LogP contribution < -0.4 is 5.73 Å². The number of carbonyl (C=O) groups excluding carboxylic acids is 2. The molecule has 0 heterocycles. The normalized spacial score (nSPS) is 13.5. The van der Waals surface area contributed by atoms with Crippen LogP contribution >= 0.6 is 7.82 Å². The van der Waals surface area contributed by atoms with Crippen molar-refractivity contribution in [1.29, 1.82) is 0 Å². The highest BCUT2D eigenvalue weighted by atomic mass is 31.2. The van der Waals surface area contributed by atoms with E-state index in [9.17, 15) is 19.0 Å². The minimum absolute atomic E-state index is 0.0545. The largest absolute Gasteiger partial charge is 0.472 e. The van der Waals surface area contributed by atoms with Crippen molar-refractivity contribution in [1.82, 2.24) is 0 Å². The van der Waals surface area contributed by atoms with E-state index < -0.39 is 26.5 Å². The van der Waals surface area contributed by atoms with Crippen LogP contribution in [0.1, 0.15) is 200 Å². The second-order valence-corrected chi connectivity index (χ2v) is 15.7. The van der Waals surface area contributed by atoms with Gasteiger partial charge in [0, 0.05) is 19.4 Å². The van der Waals surface area contributed by atoms with Gasteiger partial charge in [-0.1, -0.05) is 167 Å². The number of phosphoric acid groups is 1. The van der Waals surface area contributed by atoms with Crippen LogP contribution in [0.2, 0.25) is 0 Å². The third-order valence-electron chi connectivity index (χ3n) is 9.09. The number of hydrogen-bond donors (Lipinski definition) is 2. The summed E-state index contributed by atoms with van der Waals surface area (Å²) < 4.78 is 32.6. The Morgan fingerprint density at radius 1 is 0.577 bits per heavy atom. The highest BCUT2D eigenvalue weighted by Crippen LogP contribution is 2.43. The molecule has 0 aliphatic carbocycles. The van der Waals surface area contributed by atoms with E-state index in [2.05, 4.69) is 38.2 Å². The maximum atomic E-state index is 12.5. The fourth-order valence-corrected chi connectivity index (χ4v) is 6.67. The van der Waals surface area contributed by atoms with Crippen LogP contribution in [0.25, 0.3) is 0 Å². The van der Waals surface area contributed by atoms with E-state index in [1.54, 1.807) is 0 Å². The van der Waals surface area contributed by atoms with E-state index in [4.69, 9.17) is 24.3 Å². The lowest BCUT2D eigenvalue weighted by atomic mass is 10.0. The van der Waals surface area contributed by atoms with Gasteiger partial charge in [-0.05, 0) is 44.9 Å². The molecule has 0 aliphatic rings. The van der Waals surface area contributed by atoms with Gasteiger partial charge in [0.2, 0.25) is 0 Å². The van der Waals surface area contributed by atoms with E-state index in [0.717, 1.165) is 44.9 Å². The van der Waals surface area contributed by atoms with Gasteiger partial charge >= 0.3 is 19.8 Å². The summed E-state index contributed by atoms with van der Waals surface area (Å²) in [6, 6.07) is 0. The average Bonchev–Trinajstić information content (AvgIpc) is 3.13. The number of unbranched alkanes of at least 4 members (excludes halogenated alkanes) is 23. The highest BCUT2D eigenvalue weighted by Gasteiger charge is 2.26. The number of nitrogens with two attached hydrogens (primary N) is 1. The van der Waals surface area contributed by atoms with Crippen molar-refractivity contribution in [3.63, 3.8) is 0 Å². The van der Waals surface area contributed by atoms with Crippen LogP contribution in [0.5, 0.6) is 0 Å². The molecule has 0 spiro atoms. The summed E-state index contributed by atoms with van der Waals surface area (Å²) in [5.74, 6) is -0.830. The number of carbonyl (C=O) groups is 2. The van der Waals surface area contributed by atoms with Gasteiger partial charge in [-0.15, -0.1) is 0 Å². The molecule has 0 aromatic heterocycles. The van der Waals surface area contributed by atoms with E-state index in [1.165, 1.54) is 122 Å². The first kappa shape index (κ1) is 50.5. The fourth-order valence-electron chi connectivity index (χ4n) is 5.90. The Kier molecular flexibility index (Phi) is 38.1. The van der Waals surface area contributed by atoms with Crippen molar-refractivity contribution in [2.24, 2.45) is 5.73 Å². The Bertz CT molecular complexity index is 912. The van der Waals surface area contributed by atoms with Gasteiger partial charge in [0.05, 0.1) is 13.2 Å². The average molecular weight is 758 g/mol. The minimum Gasteiger partial charge on any atom is -0.462 e. The Balaban J connectivity index is 4.01. The number of allylic oxidation sites excluding steroid dienone is 4. The molecule has 2 atom stereocenters. The summed E-state index contributed by atoms with van der Waals surface area (Å²) >= 11 is 0. The van der Waals surface area contributed by atoms with Crippen molar-refractivity contribution < 1.29 is 37.6 Å². The molecule has 0 fully saturated rings. The number of ether oxygens (including phenoxy) is 2. The molecule has 3 N–H and O–H groups in total. The minimum atomic E-state index is -4.37. The Morgan fingerprint density at radius 3 is 1.46 bits per heavy atom. The van der Waals surface area contributed by atoms with Crippen molar-refractivity contribution in [2.45, 2.75) is 206 Å². The summed E-state index contributed by atoms with van der Waals surface area (Å²) in [5.41, 5.74) is 5.33. The highest BCUT2D eigenvalue weighted by molar-refractivity contribution is 7.47. The zero-order valence-electron chi connectivity index (χ0n) is 33.6. The lowest BCUT2D eigenvalue weighted by Gasteiger charge is -2.19. The summed E-state index contributed by atoms with van der Waals surface area (Å²) in [6.45, 7) is 3.69. The molecule has 0 aromatic rings. The number of esters is 2. The summed E-state index contributed by atoms with van der Waals surface area (Å²) in [4.78, 5) is 34.7. The molecule has 0 saturated carbocycles. The van der Waals surface area contributed by atoms with Crippen molar-refractivity contribution in [2.75, 3.05) is 26.4 Å². The first-order valence-corrected chi connectivity index (χ1v) is 22.8. The van der Waals surface area contributed by atoms with E-state index in [0.29, 0.717) is 6.42 Å². The van der Waals surface area contributed by atoms with Crippen LogP contribution in [0.3, 0.4) is 0 Å². The second-order valence-electron chi connectivity index (χ2n) is 14.2. The predicted molar refractivity (Wildman–Crippen MR) is 215 cm³/mol. The predicted octanol–water partition coefficient (Wildman–Crippen LogP) is 12.0. The van der Waals surface area contributed by atoms with E-state index in [1.807, 2.05) is 0 Å². The molecule has 0 aromatic carbocycles.